The molecule has 0 saturated carbocycles. The number of hydrogen-bond donors (Lipinski definition) is 0. The van der Waals surface area contributed by atoms with Crippen LogP contribution < -0.4 is 24.8 Å². The minimum atomic E-state index is 0. The normalized spacial score (nSPS) is 13.1. The van der Waals surface area contributed by atoms with Crippen LogP contribution in [0.2, 0.25) is 0 Å². The van der Waals surface area contributed by atoms with E-state index < -0.39 is 0 Å². The van der Waals surface area contributed by atoms with Crippen LogP contribution in [0.3, 0.4) is 0 Å². The van der Waals surface area contributed by atoms with E-state index in [1.54, 1.807) is 22.3 Å². The molecule has 0 heterocycles. The number of hydrogen-bond acceptors (Lipinski definition) is 0. The summed E-state index contributed by atoms with van der Waals surface area (Å²) in [6.07, 6.45) is 4.67. The smallest absolute Gasteiger partial charge is 1.00 e. The van der Waals surface area contributed by atoms with E-state index in [1.807, 2.05) is 0 Å². The predicted octanol–water partition coefficient (Wildman–Crippen LogP) is 1.57. The van der Waals surface area contributed by atoms with E-state index in [2.05, 4.69) is 76.2 Å². The van der Waals surface area contributed by atoms with Gasteiger partial charge in [-0.1, -0.05) is 63.8 Å². The minimum Gasteiger partial charge on any atom is -1.00 e. The van der Waals surface area contributed by atoms with Gasteiger partial charge in [-0.2, -0.15) is 12.1 Å². The molecule has 1 aliphatic carbocycles. The molecule has 0 aliphatic heterocycles. The second-order valence-electron chi connectivity index (χ2n) is 9.22. The van der Waals surface area contributed by atoms with Gasteiger partial charge in [0.25, 0.3) is 0 Å². The first-order chi connectivity index (χ1) is 13.5. The molecule has 0 saturated heterocycles. The zero-order valence-corrected chi connectivity index (χ0v) is 22.8. The van der Waals surface area contributed by atoms with Crippen molar-refractivity contribution in [2.24, 2.45) is 0 Å². The van der Waals surface area contributed by atoms with E-state index >= 15 is 0 Å². The molecule has 0 bridgehead atoms. The second kappa shape index (κ2) is 10.4. The van der Waals surface area contributed by atoms with Gasteiger partial charge in [0.1, 0.15) is 0 Å². The van der Waals surface area contributed by atoms with Crippen molar-refractivity contribution >= 4 is 21.5 Å². The van der Waals surface area contributed by atoms with E-state index in [0.29, 0.717) is 11.8 Å². The molecule has 0 unspecified atom stereocenters. The van der Waals surface area contributed by atoms with Crippen molar-refractivity contribution < 1.29 is 51.0 Å². The van der Waals surface area contributed by atoms with Gasteiger partial charge in [0.15, 0.2) is 0 Å². The number of fused-ring (bicyclic) bond motifs is 6. The molecule has 0 amide bonds. The molecule has 0 fully saturated rings. The molecule has 0 atom stereocenters. The summed E-state index contributed by atoms with van der Waals surface area (Å²) in [6.45, 7) is 9.25. The third kappa shape index (κ3) is 4.48. The molecule has 0 aromatic heterocycles. The maximum Gasteiger partial charge on any atom is 4.00 e. The van der Waals surface area contributed by atoms with E-state index in [9.17, 15) is 0 Å². The summed E-state index contributed by atoms with van der Waals surface area (Å²) < 4.78 is 0. The van der Waals surface area contributed by atoms with Crippen LogP contribution >= 0.6 is 0 Å². The summed E-state index contributed by atoms with van der Waals surface area (Å²) in [5, 5.41) is 6.00. The van der Waals surface area contributed by atoms with E-state index in [-0.39, 0.29) is 51.0 Å². The molecule has 160 valence electrons. The topological polar surface area (TPSA) is 0 Å². The Bertz CT molecular complexity index is 1080. The number of halogens is 2. The van der Waals surface area contributed by atoms with Gasteiger partial charge < -0.3 is 24.8 Å². The Kier molecular flexibility index (Phi) is 8.83. The largest absolute Gasteiger partial charge is 4.00 e. The van der Waals surface area contributed by atoms with Crippen LogP contribution in [0.5, 0.6) is 0 Å². The van der Waals surface area contributed by atoms with Crippen LogP contribution in [-0.2, 0) is 51.9 Å². The Morgan fingerprint density at radius 1 is 0.645 bits per heavy atom. The van der Waals surface area contributed by atoms with Crippen LogP contribution in [0.15, 0.2) is 48.5 Å². The summed E-state index contributed by atoms with van der Waals surface area (Å²) >= 11 is 0. The third-order valence-corrected chi connectivity index (χ3v) is 6.88. The minimum absolute atomic E-state index is 0. The zero-order valence-electron chi connectivity index (χ0n) is 18.9. The fourth-order valence-electron chi connectivity index (χ4n) is 5.45. The monoisotopic (exact) mass is 526 g/mol. The summed E-state index contributed by atoms with van der Waals surface area (Å²) in [5.41, 5.74) is 9.40. The molecule has 0 spiro atoms. The van der Waals surface area contributed by atoms with Gasteiger partial charge in [0.05, 0.1) is 0 Å². The maximum atomic E-state index is 2.51. The average Bonchev–Trinajstić information content (AvgIpc) is 3.18. The van der Waals surface area contributed by atoms with Crippen molar-refractivity contribution in [3.05, 3.63) is 81.9 Å². The van der Waals surface area contributed by atoms with Gasteiger partial charge in [-0.05, 0) is 24.7 Å². The van der Waals surface area contributed by atoms with Gasteiger partial charge >= 0.3 is 26.2 Å². The average molecular weight is 529 g/mol. The molecule has 0 nitrogen and oxygen atoms in total. The van der Waals surface area contributed by atoms with Crippen molar-refractivity contribution in [3.8, 4) is 0 Å². The quantitative estimate of drug-likeness (QED) is 0.347. The first-order valence-electron chi connectivity index (χ1n) is 10.9. The molecule has 5 rings (SSSR count). The van der Waals surface area contributed by atoms with Crippen LogP contribution in [0.1, 0.15) is 72.9 Å². The van der Waals surface area contributed by atoms with Crippen LogP contribution in [0.25, 0.3) is 21.5 Å². The zero-order chi connectivity index (χ0) is 19.4. The Hall–Kier alpha value is -0.877. The van der Waals surface area contributed by atoms with E-state index in [4.69, 9.17) is 0 Å². The SMILES string of the molecule is CC(C)c1cccc2c1cc1[c-]2CC[c-]2c(cc3c(C(C)C)cccc32)CC1.[Cl-].[Cl-].[Zr+4]. The van der Waals surface area contributed by atoms with Crippen LogP contribution in [-0.4, -0.2) is 0 Å². The molecule has 3 heteroatoms. The molecule has 0 N–H and O–H groups in total. The molecule has 0 radical (unpaired) electrons. The Balaban J connectivity index is 0.00000114. The first kappa shape index (κ1) is 26.4. The van der Waals surface area contributed by atoms with Crippen LogP contribution in [0.4, 0.5) is 0 Å². The van der Waals surface area contributed by atoms with E-state index in [1.165, 1.54) is 58.4 Å². The van der Waals surface area contributed by atoms with Crippen molar-refractivity contribution in [1.82, 2.24) is 0 Å². The van der Waals surface area contributed by atoms with Crippen molar-refractivity contribution in [2.75, 3.05) is 0 Å². The van der Waals surface area contributed by atoms with Gasteiger partial charge in [-0.25, -0.2) is 0 Å². The molecule has 4 aromatic rings. The number of benzene rings is 2. The van der Waals surface area contributed by atoms with Crippen LogP contribution in [0, 0.1) is 0 Å². The fourth-order valence-corrected chi connectivity index (χ4v) is 5.45. The molecular weight excluding hydrogens is 498 g/mol. The first-order valence-corrected chi connectivity index (χ1v) is 10.9. The third-order valence-electron chi connectivity index (χ3n) is 6.88. The fraction of sp³-hybridized carbons (Fsp3) is 0.357. The Labute approximate surface area is 218 Å². The van der Waals surface area contributed by atoms with Gasteiger partial charge in [0.2, 0.25) is 0 Å². The second-order valence-corrected chi connectivity index (χ2v) is 9.22. The summed E-state index contributed by atoms with van der Waals surface area (Å²) in [7, 11) is 0. The number of rotatable bonds is 2. The van der Waals surface area contributed by atoms with E-state index in [0.717, 1.165) is 0 Å². The van der Waals surface area contributed by atoms with Crippen molar-refractivity contribution in [3.63, 3.8) is 0 Å². The summed E-state index contributed by atoms with van der Waals surface area (Å²) in [5.74, 6) is 1.16. The summed E-state index contributed by atoms with van der Waals surface area (Å²) in [4.78, 5) is 0. The van der Waals surface area contributed by atoms with Crippen molar-refractivity contribution in [2.45, 2.75) is 65.2 Å². The molecular formula is C28H30Cl2Zr. The Morgan fingerprint density at radius 2 is 1.03 bits per heavy atom. The van der Waals surface area contributed by atoms with Gasteiger partial charge in [-0.15, -0.1) is 68.1 Å². The molecule has 4 aromatic carbocycles. The predicted molar refractivity (Wildman–Crippen MR) is 122 cm³/mol. The van der Waals surface area contributed by atoms with Gasteiger partial charge in [-0.3, -0.25) is 0 Å². The standard InChI is InChI=1S/C28H30.2ClH.Zr/c1-17(2)21-7-5-9-25-23-13-14-24-20(12-11-19(23)15-27(21)25)16-28-22(18(3)4)8-6-10-26(24)28;;;/h5-10,15-18H,11-14H2,1-4H3;2*1H;/q-2;;;+4/p-2. The summed E-state index contributed by atoms with van der Waals surface area (Å²) in [6, 6.07) is 18.9. The molecule has 31 heavy (non-hydrogen) atoms. The maximum absolute atomic E-state index is 2.51. The van der Waals surface area contributed by atoms with Crippen molar-refractivity contribution in [1.29, 1.82) is 0 Å². The molecule has 1 aliphatic rings. The number of aryl methyl sites for hydroxylation is 4. The van der Waals surface area contributed by atoms with Gasteiger partial charge in [0, 0.05) is 0 Å². The Morgan fingerprint density at radius 3 is 1.39 bits per heavy atom.